The second-order valence-electron chi connectivity index (χ2n) is 5.84. The molecule has 1 heterocycles. The third-order valence-corrected chi connectivity index (χ3v) is 5.39. The number of hydrogen-bond donors (Lipinski definition) is 3. The first-order chi connectivity index (χ1) is 11.0. The fourth-order valence-corrected chi connectivity index (χ4v) is 3.10. The van der Waals surface area contributed by atoms with E-state index in [2.05, 4.69) is 15.4 Å². The molecule has 1 amide bonds. The largest absolute Gasteiger partial charge is 0.352 e. The minimum absolute atomic E-state index is 0. The molecule has 1 fully saturated rings. The molecule has 1 aromatic rings. The molecule has 1 atom stereocenters. The zero-order chi connectivity index (χ0) is 16.7. The molecule has 2 rings (SSSR count). The molecule has 6 nitrogen and oxygen atoms in total. The molecule has 0 spiro atoms. The van der Waals surface area contributed by atoms with Gasteiger partial charge in [-0.05, 0) is 56.5 Å². The molecular weight excluding hydrogens is 350 g/mol. The van der Waals surface area contributed by atoms with Gasteiger partial charge in [0.25, 0.3) is 5.91 Å². The van der Waals surface area contributed by atoms with Crippen molar-refractivity contribution in [1.29, 1.82) is 0 Å². The molecule has 0 saturated carbocycles. The van der Waals surface area contributed by atoms with Crippen molar-refractivity contribution in [2.75, 3.05) is 25.4 Å². The molecule has 0 radical (unpaired) electrons. The summed E-state index contributed by atoms with van der Waals surface area (Å²) in [7, 11) is -3.20. The Labute approximate surface area is 150 Å². The number of carbonyl (C=O) groups is 1. The zero-order valence-corrected chi connectivity index (χ0v) is 15.5. The van der Waals surface area contributed by atoms with Crippen LogP contribution in [0.5, 0.6) is 0 Å². The number of rotatable bonds is 7. The summed E-state index contributed by atoms with van der Waals surface area (Å²) >= 11 is 0. The Balaban J connectivity index is 0.00000288. The van der Waals surface area contributed by atoms with Gasteiger partial charge in [-0.3, -0.25) is 4.79 Å². The summed E-state index contributed by atoms with van der Waals surface area (Å²) in [4.78, 5) is 12.1. The first kappa shape index (κ1) is 20.9. The summed E-state index contributed by atoms with van der Waals surface area (Å²) in [6.07, 6.45) is 2.30. The van der Waals surface area contributed by atoms with Crippen LogP contribution in [0, 0.1) is 5.92 Å². The van der Waals surface area contributed by atoms with Crippen molar-refractivity contribution in [3.63, 3.8) is 0 Å². The molecule has 8 heteroatoms. The number of sulfonamides is 1. The maximum absolute atomic E-state index is 12.1. The van der Waals surface area contributed by atoms with Crippen molar-refractivity contribution < 1.29 is 13.2 Å². The van der Waals surface area contributed by atoms with Gasteiger partial charge in [0.05, 0.1) is 5.75 Å². The van der Waals surface area contributed by atoms with Gasteiger partial charge < -0.3 is 10.6 Å². The van der Waals surface area contributed by atoms with Crippen molar-refractivity contribution >= 4 is 28.3 Å². The predicted octanol–water partition coefficient (Wildman–Crippen LogP) is 1.28. The number of nitrogens with one attached hydrogen (secondary N) is 3. The summed E-state index contributed by atoms with van der Waals surface area (Å²) in [5.41, 5.74) is 1.42. The minimum Gasteiger partial charge on any atom is -0.352 e. The van der Waals surface area contributed by atoms with E-state index in [1.165, 1.54) is 0 Å². The first-order valence-corrected chi connectivity index (χ1v) is 9.70. The Kier molecular flexibility index (Phi) is 8.69. The third kappa shape index (κ3) is 6.76. The Bertz CT molecular complexity index is 614. The number of benzene rings is 1. The number of carbonyl (C=O) groups excluding carboxylic acids is 1. The molecular formula is C16H26ClN3O3S. The standard InChI is InChI=1S/C16H25N3O3S.ClH/c1-2-23(21,22)19-12-13-5-7-15(8-6-13)16(20)18-11-14-4-3-9-17-10-14;/h5-8,14,17,19H,2-4,9-12H2,1H3,(H,18,20);1H. The van der Waals surface area contributed by atoms with Crippen LogP contribution in [-0.2, 0) is 16.6 Å². The lowest BCUT2D eigenvalue weighted by Crippen LogP contribution is -2.38. The molecule has 1 aliphatic rings. The fraction of sp³-hybridized carbons (Fsp3) is 0.562. The molecule has 0 aliphatic carbocycles. The van der Waals surface area contributed by atoms with Gasteiger partial charge in [0.15, 0.2) is 0 Å². The molecule has 136 valence electrons. The van der Waals surface area contributed by atoms with Crippen LogP contribution in [0.4, 0.5) is 0 Å². The van der Waals surface area contributed by atoms with E-state index in [0.29, 0.717) is 18.0 Å². The van der Waals surface area contributed by atoms with Gasteiger partial charge in [-0.2, -0.15) is 0 Å². The highest BCUT2D eigenvalue weighted by atomic mass is 35.5. The minimum atomic E-state index is -3.20. The van der Waals surface area contributed by atoms with E-state index < -0.39 is 10.0 Å². The van der Waals surface area contributed by atoms with Gasteiger partial charge in [-0.25, -0.2) is 13.1 Å². The van der Waals surface area contributed by atoms with E-state index >= 15 is 0 Å². The molecule has 1 unspecified atom stereocenters. The van der Waals surface area contributed by atoms with E-state index in [-0.39, 0.29) is 30.6 Å². The van der Waals surface area contributed by atoms with Gasteiger partial charge in [-0.1, -0.05) is 12.1 Å². The number of hydrogen-bond acceptors (Lipinski definition) is 4. The van der Waals surface area contributed by atoms with Crippen molar-refractivity contribution in [2.45, 2.75) is 26.3 Å². The molecule has 1 aromatic carbocycles. The van der Waals surface area contributed by atoms with E-state index in [4.69, 9.17) is 0 Å². The summed E-state index contributed by atoms with van der Waals surface area (Å²) in [6, 6.07) is 7.00. The molecule has 24 heavy (non-hydrogen) atoms. The highest BCUT2D eigenvalue weighted by Crippen LogP contribution is 2.09. The van der Waals surface area contributed by atoms with Crippen LogP contribution in [0.2, 0.25) is 0 Å². The number of amides is 1. The summed E-state index contributed by atoms with van der Waals surface area (Å²) < 4.78 is 25.3. The lowest BCUT2D eigenvalue weighted by molar-refractivity contribution is 0.0945. The lowest BCUT2D eigenvalue weighted by atomic mass is 9.99. The topological polar surface area (TPSA) is 87.3 Å². The highest BCUT2D eigenvalue weighted by molar-refractivity contribution is 7.89. The van der Waals surface area contributed by atoms with Crippen molar-refractivity contribution in [2.24, 2.45) is 5.92 Å². The normalized spacial score (nSPS) is 17.8. The quantitative estimate of drug-likeness (QED) is 0.670. The molecule has 0 bridgehead atoms. The van der Waals surface area contributed by atoms with E-state index in [1.54, 1.807) is 31.2 Å². The van der Waals surface area contributed by atoms with Gasteiger partial charge in [0.2, 0.25) is 10.0 Å². The van der Waals surface area contributed by atoms with Gasteiger partial charge in [0.1, 0.15) is 0 Å². The summed E-state index contributed by atoms with van der Waals surface area (Å²) in [6.45, 7) is 4.54. The van der Waals surface area contributed by atoms with Crippen molar-refractivity contribution in [1.82, 2.24) is 15.4 Å². The number of piperidine rings is 1. The van der Waals surface area contributed by atoms with E-state index in [9.17, 15) is 13.2 Å². The number of halogens is 1. The van der Waals surface area contributed by atoms with Crippen LogP contribution in [0.3, 0.4) is 0 Å². The Hall–Kier alpha value is -1.15. The molecule has 3 N–H and O–H groups in total. The van der Waals surface area contributed by atoms with Crippen LogP contribution < -0.4 is 15.4 Å². The van der Waals surface area contributed by atoms with Gasteiger partial charge in [0, 0.05) is 18.7 Å². The van der Waals surface area contributed by atoms with E-state index in [1.807, 2.05) is 0 Å². The highest BCUT2D eigenvalue weighted by Gasteiger charge is 2.14. The van der Waals surface area contributed by atoms with Crippen LogP contribution in [0.15, 0.2) is 24.3 Å². The van der Waals surface area contributed by atoms with Crippen LogP contribution >= 0.6 is 12.4 Å². The van der Waals surface area contributed by atoms with Crippen LogP contribution in [0.25, 0.3) is 0 Å². The van der Waals surface area contributed by atoms with Crippen molar-refractivity contribution in [3.8, 4) is 0 Å². The molecule has 1 aliphatic heterocycles. The second kappa shape index (κ2) is 9.98. The first-order valence-electron chi connectivity index (χ1n) is 8.05. The smallest absolute Gasteiger partial charge is 0.251 e. The zero-order valence-electron chi connectivity index (χ0n) is 13.9. The monoisotopic (exact) mass is 375 g/mol. The summed E-state index contributed by atoms with van der Waals surface area (Å²) in [5, 5.41) is 6.29. The fourth-order valence-electron chi connectivity index (χ4n) is 2.51. The second-order valence-corrected chi connectivity index (χ2v) is 7.94. The third-order valence-electron chi connectivity index (χ3n) is 4.04. The summed E-state index contributed by atoms with van der Waals surface area (Å²) in [5.74, 6) is 0.468. The Morgan fingerprint density at radius 2 is 2.00 bits per heavy atom. The van der Waals surface area contributed by atoms with E-state index in [0.717, 1.165) is 31.5 Å². The Morgan fingerprint density at radius 3 is 2.58 bits per heavy atom. The maximum Gasteiger partial charge on any atom is 0.251 e. The van der Waals surface area contributed by atoms with Crippen LogP contribution in [-0.4, -0.2) is 39.7 Å². The van der Waals surface area contributed by atoms with Crippen molar-refractivity contribution in [3.05, 3.63) is 35.4 Å². The average molecular weight is 376 g/mol. The lowest BCUT2D eigenvalue weighted by Gasteiger charge is -2.22. The molecule has 1 saturated heterocycles. The van der Waals surface area contributed by atoms with Gasteiger partial charge >= 0.3 is 0 Å². The Morgan fingerprint density at radius 1 is 1.29 bits per heavy atom. The van der Waals surface area contributed by atoms with Crippen LogP contribution in [0.1, 0.15) is 35.7 Å². The molecule has 0 aromatic heterocycles. The SMILES string of the molecule is CCS(=O)(=O)NCc1ccc(C(=O)NCC2CCCNC2)cc1.Cl. The van der Waals surface area contributed by atoms with Gasteiger partial charge in [-0.15, -0.1) is 12.4 Å². The predicted molar refractivity (Wildman–Crippen MR) is 97.9 cm³/mol. The average Bonchev–Trinajstić information content (AvgIpc) is 2.59. The maximum atomic E-state index is 12.1.